The van der Waals surface area contributed by atoms with Gasteiger partial charge in [0.05, 0.1) is 23.2 Å². The summed E-state index contributed by atoms with van der Waals surface area (Å²) in [6, 6.07) is 25.8. The Labute approximate surface area is 280 Å². The minimum Gasteiger partial charge on any atom is -0.490 e. The zero-order valence-electron chi connectivity index (χ0n) is 24.3. The number of carbonyl (C=O) groups is 3. The van der Waals surface area contributed by atoms with Crippen molar-refractivity contribution in [3.05, 3.63) is 110 Å². The minimum absolute atomic E-state index is 0.255. The van der Waals surface area contributed by atoms with Gasteiger partial charge >= 0.3 is 4.87 Å². The van der Waals surface area contributed by atoms with Crippen LogP contribution in [0.25, 0.3) is 10.8 Å². The highest BCUT2D eigenvalue weighted by Crippen LogP contribution is 2.53. The molecule has 3 atom stereocenters. The number of H-pyrrole nitrogens is 1. The van der Waals surface area contributed by atoms with Crippen molar-refractivity contribution < 1.29 is 23.9 Å². The van der Waals surface area contributed by atoms with Gasteiger partial charge in [0.25, 0.3) is 5.91 Å². The van der Waals surface area contributed by atoms with E-state index in [9.17, 15) is 19.2 Å². The molecular formula is C34H26BrN3O6S2. The zero-order chi connectivity index (χ0) is 31.9. The van der Waals surface area contributed by atoms with Crippen molar-refractivity contribution in [1.29, 1.82) is 0 Å². The van der Waals surface area contributed by atoms with Crippen LogP contribution in [0.4, 0.5) is 11.4 Å². The number of hydrogen-bond donors (Lipinski definition) is 2. The zero-order valence-corrected chi connectivity index (χ0v) is 27.5. The molecule has 0 aliphatic carbocycles. The number of amides is 3. The predicted molar refractivity (Wildman–Crippen MR) is 182 cm³/mol. The smallest absolute Gasteiger partial charge is 0.305 e. The molecular weight excluding hydrogens is 690 g/mol. The highest BCUT2D eigenvalue weighted by molar-refractivity contribution is 9.10. The molecule has 1 aromatic heterocycles. The summed E-state index contributed by atoms with van der Waals surface area (Å²) in [5.74, 6) is -1.57. The Morgan fingerprint density at radius 3 is 2.52 bits per heavy atom. The molecule has 1 fully saturated rings. The van der Waals surface area contributed by atoms with Crippen molar-refractivity contribution >= 4 is 78.9 Å². The van der Waals surface area contributed by atoms with Gasteiger partial charge in [0.15, 0.2) is 18.1 Å². The molecule has 12 heteroatoms. The first-order valence-electron chi connectivity index (χ1n) is 14.5. The van der Waals surface area contributed by atoms with Crippen LogP contribution in [0.15, 0.2) is 99.2 Å². The lowest BCUT2D eigenvalue weighted by atomic mass is 9.83. The van der Waals surface area contributed by atoms with Crippen LogP contribution in [-0.2, 0) is 14.4 Å². The summed E-state index contributed by atoms with van der Waals surface area (Å²) in [5.41, 5.74) is 1.87. The number of imide groups is 1. The summed E-state index contributed by atoms with van der Waals surface area (Å²) in [7, 11) is 0. The maximum absolute atomic E-state index is 14.0. The molecule has 3 heterocycles. The highest BCUT2D eigenvalue weighted by Gasteiger charge is 2.56. The van der Waals surface area contributed by atoms with E-state index in [0.29, 0.717) is 44.9 Å². The number of thioether (sulfide) groups is 1. The number of aromatic amines is 1. The van der Waals surface area contributed by atoms with Gasteiger partial charge in [-0.1, -0.05) is 81.5 Å². The number of benzene rings is 4. The van der Waals surface area contributed by atoms with E-state index in [4.69, 9.17) is 9.47 Å². The van der Waals surface area contributed by atoms with E-state index >= 15 is 0 Å². The predicted octanol–water partition coefficient (Wildman–Crippen LogP) is 6.56. The lowest BCUT2D eigenvalue weighted by Crippen LogP contribution is -2.32. The Morgan fingerprint density at radius 2 is 1.72 bits per heavy atom. The first kappa shape index (κ1) is 30.3. The molecule has 2 aliphatic rings. The molecule has 0 bridgehead atoms. The van der Waals surface area contributed by atoms with Crippen molar-refractivity contribution in [2.75, 3.05) is 23.4 Å². The molecule has 5 aromatic rings. The second-order valence-electron chi connectivity index (χ2n) is 10.7. The lowest BCUT2D eigenvalue weighted by molar-refractivity contribution is -0.122. The second-order valence-corrected chi connectivity index (χ2v) is 13.8. The third-order valence-electron chi connectivity index (χ3n) is 7.96. The van der Waals surface area contributed by atoms with Gasteiger partial charge in [0.1, 0.15) is 5.25 Å². The first-order chi connectivity index (χ1) is 22.3. The van der Waals surface area contributed by atoms with Gasteiger partial charge < -0.3 is 19.8 Å². The van der Waals surface area contributed by atoms with Crippen LogP contribution < -0.4 is 24.6 Å². The fourth-order valence-corrected chi connectivity index (χ4v) is 8.77. The van der Waals surface area contributed by atoms with Crippen molar-refractivity contribution in [3.8, 4) is 11.5 Å². The Hall–Kier alpha value is -4.39. The van der Waals surface area contributed by atoms with Crippen LogP contribution in [-0.4, -0.2) is 41.2 Å². The number of aromatic nitrogens is 1. The summed E-state index contributed by atoms with van der Waals surface area (Å²) >= 11 is 5.67. The minimum atomic E-state index is -0.743. The van der Waals surface area contributed by atoms with Crippen molar-refractivity contribution in [3.63, 3.8) is 0 Å². The Morgan fingerprint density at radius 1 is 0.935 bits per heavy atom. The average molecular weight is 717 g/mol. The van der Waals surface area contributed by atoms with E-state index in [1.807, 2.05) is 49.4 Å². The van der Waals surface area contributed by atoms with Gasteiger partial charge in [-0.25, -0.2) is 4.90 Å². The number of ether oxygens (including phenoxy) is 2. The van der Waals surface area contributed by atoms with E-state index in [0.717, 1.165) is 26.6 Å². The molecule has 4 aromatic carbocycles. The van der Waals surface area contributed by atoms with Crippen LogP contribution in [0, 0.1) is 5.92 Å². The Bertz CT molecular complexity index is 2060. The van der Waals surface area contributed by atoms with Crippen molar-refractivity contribution in [2.24, 2.45) is 5.92 Å². The van der Waals surface area contributed by atoms with Gasteiger partial charge in [0.2, 0.25) is 11.8 Å². The molecule has 0 saturated carbocycles. The third kappa shape index (κ3) is 5.50. The molecule has 0 radical (unpaired) electrons. The average Bonchev–Trinajstić information content (AvgIpc) is 3.55. The summed E-state index contributed by atoms with van der Waals surface area (Å²) in [4.78, 5) is 57.7. The summed E-state index contributed by atoms with van der Waals surface area (Å²) < 4.78 is 12.7. The fraction of sp³-hybridized carbons (Fsp3) is 0.176. The molecule has 232 valence electrons. The number of nitrogens with one attached hydrogen (secondary N) is 2. The van der Waals surface area contributed by atoms with Gasteiger partial charge in [-0.15, -0.1) is 0 Å². The van der Waals surface area contributed by atoms with Crippen LogP contribution in [0.3, 0.4) is 0 Å². The highest BCUT2D eigenvalue weighted by atomic mass is 79.9. The summed E-state index contributed by atoms with van der Waals surface area (Å²) in [6.45, 7) is 1.90. The number of rotatable bonds is 8. The van der Waals surface area contributed by atoms with Crippen molar-refractivity contribution in [2.45, 2.75) is 23.1 Å². The van der Waals surface area contributed by atoms with E-state index in [-0.39, 0.29) is 29.2 Å². The molecule has 2 unspecified atom stereocenters. The van der Waals surface area contributed by atoms with Crippen LogP contribution >= 0.6 is 39.0 Å². The molecule has 1 saturated heterocycles. The lowest BCUT2D eigenvalue weighted by Gasteiger charge is -2.30. The number of hydrogen-bond acceptors (Lipinski definition) is 8. The molecule has 3 amide bonds. The quantitative estimate of drug-likeness (QED) is 0.175. The molecule has 2 N–H and O–H groups in total. The largest absolute Gasteiger partial charge is 0.490 e. The van der Waals surface area contributed by atoms with E-state index < -0.39 is 17.1 Å². The second kappa shape index (κ2) is 12.4. The van der Waals surface area contributed by atoms with Gasteiger partial charge in [-0.3, -0.25) is 19.2 Å². The van der Waals surface area contributed by atoms with Gasteiger partial charge in [-0.05, 0) is 60.3 Å². The molecule has 46 heavy (non-hydrogen) atoms. The number of carbonyl (C=O) groups excluding carboxylic acids is 3. The number of anilines is 2. The Kier molecular flexibility index (Phi) is 8.18. The normalized spacial score (nSPS) is 18.7. The van der Waals surface area contributed by atoms with Crippen LogP contribution in [0.2, 0.25) is 0 Å². The topological polar surface area (TPSA) is 118 Å². The summed E-state index contributed by atoms with van der Waals surface area (Å²) in [5, 5.41) is 4.72. The number of fused-ring (bicyclic) bond motifs is 3. The first-order valence-corrected chi connectivity index (χ1v) is 17.0. The van der Waals surface area contributed by atoms with E-state index in [2.05, 4.69) is 26.2 Å². The molecule has 7 rings (SSSR count). The van der Waals surface area contributed by atoms with E-state index in [1.165, 1.54) is 16.7 Å². The maximum Gasteiger partial charge on any atom is 0.305 e. The monoisotopic (exact) mass is 715 g/mol. The number of thiazole rings is 1. The Balaban J connectivity index is 1.18. The standard InChI is InChI=1S/C34H26BrN3O6S2/c1-2-43-25-16-19(10-15-24(25)44-17-26(39)36-23-9-5-7-18-6-3-4-8-22(18)23)27-28-30(45-31-29(27)46-34(42)37-31)33(41)38(32(28)40)21-13-11-20(35)12-14-21/h3-16,27-28,30H,2,17H2,1H3,(H,36,39)(H,37,42)/t27-,28?,30?/m1/s1. The van der Waals surface area contributed by atoms with Crippen LogP contribution in [0.1, 0.15) is 23.3 Å². The maximum atomic E-state index is 14.0. The fourth-order valence-electron chi connectivity index (χ4n) is 5.99. The van der Waals surface area contributed by atoms with E-state index in [1.54, 1.807) is 42.5 Å². The summed E-state index contributed by atoms with van der Waals surface area (Å²) in [6.07, 6.45) is 0. The van der Waals surface area contributed by atoms with Gasteiger partial charge in [0, 0.05) is 26.3 Å². The third-order valence-corrected chi connectivity index (χ3v) is 10.9. The van der Waals surface area contributed by atoms with Gasteiger partial charge in [-0.2, -0.15) is 0 Å². The SMILES string of the molecule is CCOc1cc([C@H]2c3sc(=O)[nH]c3SC3C(=O)N(c4ccc(Br)cc4)C(=O)C32)ccc1OCC(=O)Nc1cccc2ccccc12. The molecule has 9 nitrogen and oxygen atoms in total. The molecule has 0 spiro atoms. The van der Waals surface area contributed by atoms with Crippen LogP contribution in [0.5, 0.6) is 11.5 Å². The number of halogens is 1. The van der Waals surface area contributed by atoms with Crippen molar-refractivity contribution in [1.82, 2.24) is 4.98 Å². The number of nitrogens with zero attached hydrogens (tertiary/aromatic N) is 1. The molecule has 2 aliphatic heterocycles.